The number of aryl methyl sites for hydroxylation is 1. The number of rotatable bonds is 3. The van der Waals surface area contributed by atoms with Gasteiger partial charge in [0.1, 0.15) is 0 Å². The summed E-state index contributed by atoms with van der Waals surface area (Å²) < 4.78 is 23.1. The fourth-order valence-corrected chi connectivity index (χ4v) is 2.42. The lowest BCUT2D eigenvalue weighted by Gasteiger charge is -2.06. The SMILES string of the molecule is Cc1ccc(N)c(S(=O)(=O)CC(=O)O)c1. The number of nitrogen functional groups attached to an aromatic ring is 1. The van der Waals surface area contributed by atoms with Crippen molar-refractivity contribution in [2.24, 2.45) is 0 Å². The van der Waals surface area contributed by atoms with E-state index < -0.39 is 21.6 Å². The summed E-state index contributed by atoms with van der Waals surface area (Å²) in [7, 11) is -3.84. The molecule has 0 saturated carbocycles. The molecule has 82 valence electrons. The van der Waals surface area contributed by atoms with Crippen LogP contribution in [0.2, 0.25) is 0 Å². The number of sulfone groups is 1. The molecule has 0 fully saturated rings. The van der Waals surface area contributed by atoms with E-state index in [4.69, 9.17) is 10.8 Å². The molecule has 1 aromatic carbocycles. The minimum atomic E-state index is -3.84. The van der Waals surface area contributed by atoms with Gasteiger partial charge in [-0.2, -0.15) is 0 Å². The van der Waals surface area contributed by atoms with Crippen LogP contribution < -0.4 is 5.73 Å². The number of hydrogen-bond donors (Lipinski definition) is 2. The van der Waals surface area contributed by atoms with Crippen LogP contribution in [0, 0.1) is 6.92 Å². The van der Waals surface area contributed by atoms with Gasteiger partial charge < -0.3 is 10.8 Å². The number of nitrogens with two attached hydrogens (primary N) is 1. The van der Waals surface area contributed by atoms with Gasteiger partial charge in [0.15, 0.2) is 15.6 Å². The van der Waals surface area contributed by atoms with E-state index in [2.05, 4.69) is 0 Å². The van der Waals surface area contributed by atoms with Crippen LogP contribution >= 0.6 is 0 Å². The first-order chi connectivity index (χ1) is 6.83. The molecule has 0 amide bonds. The highest BCUT2D eigenvalue weighted by Crippen LogP contribution is 2.20. The topological polar surface area (TPSA) is 97.5 Å². The van der Waals surface area contributed by atoms with Crippen LogP contribution in [0.5, 0.6) is 0 Å². The van der Waals surface area contributed by atoms with Gasteiger partial charge in [-0.15, -0.1) is 0 Å². The lowest BCUT2D eigenvalue weighted by Crippen LogP contribution is -2.16. The third kappa shape index (κ3) is 2.69. The van der Waals surface area contributed by atoms with Gasteiger partial charge in [-0.05, 0) is 24.6 Å². The van der Waals surface area contributed by atoms with Crippen LogP contribution in [0.25, 0.3) is 0 Å². The summed E-state index contributed by atoms with van der Waals surface area (Å²) >= 11 is 0. The highest BCUT2D eigenvalue weighted by Gasteiger charge is 2.21. The molecule has 0 spiro atoms. The molecule has 5 nitrogen and oxygen atoms in total. The molecule has 6 heteroatoms. The third-order valence-electron chi connectivity index (χ3n) is 1.82. The standard InChI is InChI=1S/C9H11NO4S/c1-6-2-3-7(10)8(4-6)15(13,14)5-9(11)12/h2-4H,5,10H2,1H3,(H,11,12). The van der Waals surface area contributed by atoms with Crippen molar-refractivity contribution in [3.63, 3.8) is 0 Å². The monoisotopic (exact) mass is 229 g/mol. The Morgan fingerprint density at radius 1 is 1.47 bits per heavy atom. The summed E-state index contributed by atoms with van der Waals surface area (Å²) in [4.78, 5) is 10.2. The van der Waals surface area contributed by atoms with Crippen molar-refractivity contribution in [1.29, 1.82) is 0 Å². The first kappa shape index (κ1) is 11.5. The van der Waals surface area contributed by atoms with Gasteiger partial charge in [0.2, 0.25) is 0 Å². The van der Waals surface area contributed by atoms with Gasteiger partial charge in [-0.3, -0.25) is 4.79 Å². The van der Waals surface area contributed by atoms with Crippen molar-refractivity contribution < 1.29 is 18.3 Å². The van der Waals surface area contributed by atoms with Gasteiger partial charge >= 0.3 is 5.97 Å². The molecule has 0 bridgehead atoms. The minimum Gasteiger partial charge on any atom is -0.480 e. The molecule has 0 aromatic heterocycles. The van der Waals surface area contributed by atoms with Crippen LogP contribution in [0.4, 0.5) is 5.69 Å². The molecule has 0 radical (unpaired) electrons. The quantitative estimate of drug-likeness (QED) is 0.733. The Hall–Kier alpha value is -1.56. The average molecular weight is 229 g/mol. The second-order valence-corrected chi connectivity index (χ2v) is 5.15. The van der Waals surface area contributed by atoms with Gasteiger partial charge in [0.25, 0.3) is 0 Å². The zero-order valence-electron chi connectivity index (χ0n) is 8.10. The number of aliphatic carboxylic acids is 1. The van der Waals surface area contributed by atoms with E-state index in [1.807, 2.05) is 0 Å². The van der Waals surface area contributed by atoms with Crippen LogP contribution in [-0.2, 0) is 14.6 Å². The van der Waals surface area contributed by atoms with Crippen molar-refractivity contribution in [1.82, 2.24) is 0 Å². The molecule has 1 rings (SSSR count). The van der Waals surface area contributed by atoms with Crippen LogP contribution in [0.15, 0.2) is 23.1 Å². The highest BCUT2D eigenvalue weighted by atomic mass is 32.2. The van der Waals surface area contributed by atoms with Gasteiger partial charge in [-0.1, -0.05) is 6.07 Å². The van der Waals surface area contributed by atoms with E-state index in [0.717, 1.165) is 0 Å². The predicted octanol–water partition coefficient (Wildman–Crippen LogP) is 0.436. The zero-order valence-corrected chi connectivity index (χ0v) is 8.91. The number of carbonyl (C=O) groups is 1. The molecule has 15 heavy (non-hydrogen) atoms. The molecular weight excluding hydrogens is 218 g/mol. The normalized spacial score (nSPS) is 11.3. The lowest BCUT2D eigenvalue weighted by molar-refractivity contribution is -0.134. The van der Waals surface area contributed by atoms with E-state index in [1.54, 1.807) is 13.0 Å². The first-order valence-corrected chi connectivity index (χ1v) is 5.79. The van der Waals surface area contributed by atoms with Gasteiger partial charge in [0, 0.05) is 0 Å². The van der Waals surface area contributed by atoms with Crippen molar-refractivity contribution in [2.75, 3.05) is 11.5 Å². The highest BCUT2D eigenvalue weighted by molar-refractivity contribution is 7.92. The number of carboxylic acids is 1. The Bertz CT molecular complexity index is 493. The second kappa shape index (κ2) is 3.90. The van der Waals surface area contributed by atoms with Gasteiger partial charge in [0.05, 0.1) is 10.6 Å². The summed E-state index contributed by atoms with van der Waals surface area (Å²) in [6, 6.07) is 4.48. The number of hydrogen-bond acceptors (Lipinski definition) is 4. The smallest absolute Gasteiger partial charge is 0.319 e. The molecule has 0 unspecified atom stereocenters. The number of carboxylic acid groups (broad SMARTS) is 1. The fourth-order valence-electron chi connectivity index (χ4n) is 1.15. The molecule has 0 heterocycles. The Morgan fingerprint density at radius 3 is 2.60 bits per heavy atom. The van der Waals surface area contributed by atoms with E-state index in [9.17, 15) is 13.2 Å². The maximum absolute atomic E-state index is 11.6. The van der Waals surface area contributed by atoms with Crippen molar-refractivity contribution in [2.45, 2.75) is 11.8 Å². The third-order valence-corrected chi connectivity index (χ3v) is 3.47. The molecule has 1 aromatic rings. The molecule has 0 aliphatic carbocycles. The Kier molecular flexibility index (Phi) is 2.99. The summed E-state index contributed by atoms with van der Waals surface area (Å²) in [6.07, 6.45) is 0. The van der Waals surface area contributed by atoms with E-state index in [-0.39, 0.29) is 10.6 Å². The molecule has 0 saturated heterocycles. The Labute approximate surface area is 87.4 Å². The van der Waals surface area contributed by atoms with E-state index >= 15 is 0 Å². The van der Waals surface area contributed by atoms with Crippen molar-refractivity contribution in [3.05, 3.63) is 23.8 Å². The lowest BCUT2D eigenvalue weighted by atomic mass is 10.2. The molecular formula is C9H11NO4S. The summed E-state index contributed by atoms with van der Waals surface area (Å²) in [6.45, 7) is 1.71. The maximum Gasteiger partial charge on any atom is 0.319 e. The summed E-state index contributed by atoms with van der Waals surface area (Å²) in [5, 5.41) is 8.45. The zero-order chi connectivity index (χ0) is 11.6. The fraction of sp³-hybridized carbons (Fsp3) is 0.222. The summed E-state index contributed by atoms with van der Waals surface area (Å²) in [5.74, 6) is -2.34. The largest absolute Gasteiger partial charge is 0.480 e. The van der Waals surface area contributed by atoms with Crippen molar-refractivity contribution in [3.8, 4) is 0 Å². The predicted molar refractivity (Wildman–Crippen MR) is 55.3 cm³/mol. The summed E-state index contributed by atoms with van der Waals surface area (Å²) in [5.41, 5.74) is 6.27. The first-order valence-electron chi connectivity index (χ1n) is 4.13. The average Bonchev–Trinajstić information content (AvgIpc) is 2.06. The van der Waals surface area contributed by atoms with Crippen LogP contribution in [0.1, 0.15) is 5.56 Å². The molecule has 0 aliphatic rings. The van der Waals surface area contributed by atoms with Gasteiger partial charge in [-0.25, -0.2) is 8.42 Å². The van der Waals surface area contributed by atoms with E-state index in [0.29, 0.717) is 5.56 Å². The number of benzene rings is 1. The number of anilines is 1. The maximum atomic E-state index is 11.6. The Morgan fingerprint density at radius 2 is 2.07 bits per heavy atom. The van der Waals surface area contributed by atoms with E-state index in [1.165, 1.54) is 12.1 Å². The molecule has 0 aliphatic heterocycles. The van der Waals surface area contributed by atoms with Crippen molar-refractivity contribution >= 4 is 21.5 Å². The molecule has 0 atom stereocenters. The second-order valence-electron chi connectivity index (χ2n) is 3.19. The van der Waals surface area contributed by atoms with Crippen LogP contribution in [0.3, 0.4) is 0 Å². The molecule has 3 N–H and O–H groups in total. The minimum absolute atomic E-state index is 0.0712. The Balaban J connectivity index is 3.26. The van der Waals surface area contributed by atoms with Crippen LogP contribution in [-0.4, -0.2) is 25.2 Å².